The SMILES string of the molecule is O=C(CNC(=O)c1cc(-c2ccccc2)nc2ccccc12)Nc1ccc(-n2cncn2)cc1. The lowest BCUT2D eigenvalue weighted by Crippen LogP contribution is -2.33. The average molecular weight is 448 g/mol. The smallest absolute Gasteiger partial charge is 0.252 e. The number of pyridine rings is 1. The summed E-state index contributed by atoms with van der Waals surface area (Å²) in [6.07, 6.45) is 3.04. The van der Waals surface area contributed by atoms with Gasteiger partial charge in [-0.3, -0.25) is 9.59 Å². The van der Waals surface area contributed by atoms with Crippen LogP contribution in [0.1, 0.15) is 10.4 Å². The van der Waals surface area contributed by atoms with Gasteiger partial charge in [0.05, 0.1) is 29.0 Å². The first-order chi connectivity index (χ1) is 16.7. The molecule has 0 unspecified atom stereocenters. The molecule has 2 heterocycles. The van der Waals surface area contributed by atoms with Crippen molar-refractivity contribution in [2.24, 2.45) is 0 Å². The van der Waals surface area contributed by atoms with Crippen LogP contribution in [0.5, 0.6) is 0 Å². The molecule has 166 valence electrons. The van der Waals surface area contributed by atoms with Crippen molar-refractivity contribution < 1.29 is 9.59 Å². The molecule has 0 aliphatic heterocycles. The summed E-state index contributed by atoms with van der Waals surface area (Å²) in [4.78, 5) is 34.1. The van der Waals surface area contributed by atoms with Gasteiger partial charge in [0.15, 0.2) is 0 Å². The van der Waals surface area contributed by atoms with Gasteiger partial charge in [0.1, 0.15) is 12.7 Å². The minimum atomic E-state index is -0.340. The molecule has 34 heavy (non-hydrogen) atoms. The molecule has 0 saturated heterocycles. The quantitative estimate of drug-likeness (QED) is 0.411. The Balaban J connectivity index is 1.29. The molecule has 8 nitrogen and oxygen atoms in total. The number of aromatic nitrogens is 4. The monoisotopic (exact) mass is 448 g/mol. The Labute approximate surface area is 195 Å². The molecule has 0 aliphatic carbocycles. The number of carbonyl (C=O) groups is 2. The number of para-hydroxylation sites is 1. The van der Waals surface area contributed by atoms with Crippen molar-refractivity contribution in [2.45, 2.75) is 0 Å². The summed E-state index contributed by atoms with van der Waals surface area (Å²) in [5.41, 5.74) is 4.22. The molecule has 3 aromatic carbocycles. The standard InChI is InChI=1S/C26H20N6O2/c33-25(30-19-10-12-20(13-11-19)32-17-27-16-29-32)15-28-26(34)22-14-24(18-6-2-1-3-7-18)31-23-9-5-4-8-21(22)23/h1-14,16-17H,15H2,(H,28,34)(H,30,33). The number of hydrogen-bond donors (Lipinski definition) is 2. The molecular formula is C26H20N6O2. The molecule has 5 aromatic rings. The predicted molar refractivity (Wildman–Crippen MR) is 130 cm³/mol. The van der Waals surface area contributed by atoms with Gasteiger partial charge in [0, 0.05) is 16.6 Å². The molecular weight excluding hydrogens is 428 g/mol. The van der Waals surface area contributed by atoms with E-state index in [9.17, 15) is 9.59 Å². The second-order valence-corrected chi connectivity index (χ2v) is 7.56. The third kappa shape index (κ3) is 4.51. The van der Waals surface area contributed by atoms with E-state index in [1.807, 2.05) is 66.7 Å². The van der Waals surface area contributed by atoms with Gasteiger partial charge < -0.3 is 10.6 Å². The van der Waals surface area contributed by atoms with Crippen LogP contribution in [0.3, 0.4) is 0 Å². The Morgan fingerprint density at radius 3 is 2.41 bits per heavy atom. The maximum absolute atomic E-state index is 13.0. The highest BCUT2D eigenvalue weighted by Crippen LogP contribution is 2.24. The molecule has 8 heteroatoms. The fourth-order valence-electron chi connectivity index (χ4n) is 3.62. The second-order valence-electron chi connectivity index (χ2n) is 7.56. The molecule has 0 radical (unpaired) electrons. The van der Waals surface area contributed by atoms with Crippen molar-refractivity contribution in [2.75, 3.05) is 11.9 Å². The normalized spacial score (nSPS) is 10.7. The highest BCUT2D eigenvalue weighted by atomic mass is 16.2. The molecule has 2 aromatic heterocycles. The number of anilines is 1. The Kier molecular flexibility index (Phi) is 5.77. The van der Waals surface area contributed by atoms with Crippen molar-refractivity contribution >= 4 is 28.4 Å². The lowest BCUT2D eigenvalue weighted by molar-refractivity contribution is -0.115. The average Bonchev–Trinajstić information content (AvgIpc) is 3.43. The highest BCUT2D eigenvalue weighted by Gasteiger charge is 2.15. The number of nitrogens with zero attached hydrogens (tertiary/aromatic N) is 4. The Morgan fingerprint density at radius 1 is 0.882 bits per heavy atom. The molecule has 0 bridgehead atoms. The third-order valence-electron chi connectivity index (χ3n) is 5.27. The first-order valence-electron chi connectivity index (χ1n) is 10.7. The number of nitrogens with one attached hydrogen (secondary N) is 2. The first kappa shape index (κ1) is 21.0. The van der Waals surface area contributed by atoms with Gasteiger partial charge in [0.2, 0.25) is 5.91 Å². The number of carbonyl (C=O) groups excluding carboxylic acids is 2. The zero-order chi connectivity index (χ0) is 23.3. The Bertz CT molecular complexity index is 1450. The van der Waals surface area contributed by atoms with Gasteiger partial charge >= 0.3 is 0 Å². The van der Waals surface area contributed by atoms with Crippen LogP contribution in [-0.4, -0.2) is 38.1 Å². The van der Waals surface area contributed by atoms with Crippen LogP contribution in [0.2, 0.25) is 0 Å². The van der Waals surface area contributed by atoms with Crippen molar-refractivity contribution in [1.29, 1.82) is 0 Å². The lowest BCUT2D eigenvalue weighted by Gasteiger charge is -2.11. The van der Waals surface area contributed by atoms with Gasteiger partial charge in [-0.25, -0.2) is 14.6 Å². The first-order valence-corrected chi connectivity index (χ1v) is 10.7. The molecule has 0 atom stereocenters. The van der Waals surface area contributed by atoms with Gasteiger partial charge in [-0.15, -0.1) is 0 Å². The number of fused-ring (bicyclic) bond motifs is 1. The van der Waals surface area contributed by atoms with E-state index in [1.165, 1.54) is 6.33 Å². The zero-order valence-electron chi connectivity index (χ0n) is 18.1. The van der Waals surface area contributed by atoms with E-state index in [4.69, 9.17) is 4.98 Å². The summed E-state index contributed by atoms with van der Waals surface area (Å²) >= 11 is 0. The fraction of sp³-hybridized carbons (Fsp3) is 0.0385. The van der Waals surface area contributed by atoms with E-state index >= 15 is 0 Å². The van der Waals surface area contributed by atoms with E-state index < -0.39 is 0 Å². The van der Waals surface area contributed by atoms with Crippen LogP contribution in [0, 0.1) is 0 Å². The van der Waals surface area contributed by atoms with Gasteiger partial charge in [-0.05, 0) is 36.4 Å². The van der Waals surface area contributed by atoms with Crippen molar-refractivity contribution in [3.63, 3.8) is 0 Å². The lowest BCUT2D eigenvalue weighted by atomic mass is 10.0. The van der Waals surface area contributed by atoms with E-state index in [0.29, 0.717) is 22.5 Å². The molecule has 0 fully saturated rings. The molecule has 0 aliphatic rings. The van der Waals surface area contributed by atoms with Crippen molar-refractivity contribution in [3.05, 3.63) is 103 Å². The zero-order valence-corrected chi connectivity index (χ0v) is 18.1. The van der Waals surface area contributed by atoms with Crippen LogP contribution in [0.15, 0.2) is 97.6 Å². The second kappa shape index (κ2) is 9.33. The molecule has 0 saturated carbocycles. The van der Waals surface area contributed by atoms with E-state index in [0.717, 1.165) is 16.6 Å². The predicted octanol–water partition coefficient (Wildman–Crippen LogP) is 3.85. The largest absolute Gasteiger partial charge is 0.343 e. The summed E-state index contributed by atoms with van der Waals surface area (Å²) < 4.78 is 1.62. The molecule has 0 spiro atoms. The number of amides is 2. The summed E-state index contributed by atoms with van der Waals surface area (Å²) in [7, 11) is 0. The summed E-state index contributed by atoms with van der Waals surface area (Å²) in [6, 6.07) is 26.0. The maximum atomic E-state index is 13.0. The van der Waals surface area contributed by atoms with Crippen LogP contribution >= 0.6 is 0 Å². The van der Waals surface area contributed by atoms with Crippen molar-refractivity contribution in [3.8, 4) is 16.9 Å². The summed E-state index contributed by atoms with van der Waals surface area (Å²) in [6.45, 7) is -0.166. The van der Waals surface area contributed by atoms with Crippen LogP contribution in [0.4, 0.5) is 5.69 Å². The minimum Gasteiger partial charge on any atom is -0.343 e. The maximum Gasteiger partial charge on any atom is 0.252 e. The van der Waals surface area contributed by atoms with Crippen LogP contribution in [-0.2, 0) is 4.79 Å². The number of hydrogen-bond acceptors (Lipinski definition) is 5. The Morgan fingerprint density at radius 2 is 1.65 bits per heavy atom. The van der Waals surface area contributed by atoms with Gasteiger partial charge in [-0.2, -0.15) is 5.10 Å². The third-order valence-corrected chi connectivity index (χ3v) is 5.27. The van der Waals surface area contributed by atoms with E-state index in [2.05, 4.69) is 20.7 Å². The Hall–Kier alpha value is -4.85. The fourth-order valence-corrected chi connectivity index (χ4v) is 3.62. The van der Waals surface area contributed by atoms with Crippen molar-refractivity contribution in [1.82, 2.24) is 25.1 Å². The topological polar surface area (TPSA) is 102 Å². The van der Waals surface area contributed by atoms with Crippen LogP contribution < -0.4 is 10.6 Å². The summed E-state index contributed by atoms with van der Waals surface area (Å²) in [5, 5.41) is 10.3. The molecule has 5 rings (SSSR count). The number of benzene rings is 3. The van der Waals surface area contributed by atoms with Gasteiger partial charge in [0.25, 0.3) is 5.91 Å². The van der Waals surface area contributed by atoms with Gasteiger partial charge in [-0.1, -0.05) is 48.5 Å². The number of rotatable bonds is 6. The summed E-state index contributed by atoms with van der Waals surface area (Å²) in [5.74, 6) is -0.670. The van der Waals surface area contributed by atoms with Crippen LogP contribution in [0.25, 0.3) is 27.8 Å². The van der Waals surface area contributed by atoms with E-state index in [1.54, 1.807) is 29.2 Å². The molecule has 2 N–H and O–H groups in total. The molecule has 2 amide bonds. The highest BCUT2D eigenvalue weighted by molar-refractivity contribution is 6.08. The van der Waals surface area contributed by atoms with E-state index in [-0.39, 0.29) is 18.4 Å². The minimum absolute atomic E-state index is 0.166.